The molecular weight excluding hydrogens is 354 g/mol. The maximum atomic E-state index is 12.2. The van der Waals surface area contributed by atoms with Crippen molar-refractivity contribution in [2.24, 2.45) is 23.5 Å². The lowest BCUT2D eigenvalue weighted by atomic mass is 9.43. The molecule has 3 saturated carbocycles. The van der Waals surface area contributed by atoms with E-state index in [0.717, 1.165) is 30.7 Å². The van der Waals surface area contributed by atoms with E-state index in [1.807, 2.05) is 6.07 Å². The van der Waals surface area contributed by atoms with Gasteiger partial charge in [-0.05, 0) is 67.9 Å². The van der Waals surface area contributed by atoms with Gasteiger partial charge >= 0.3 is 0 Å². The maximum Gasteiger partial charge on any atom is 0.252 e. The second-order valence-corrected chi connectivity index (χ2v) is 10.0. The number of hydrogen-bond donors (Lipinski definition) is 3. The molecule has 5 aliphatic rings. The Morgan fingerprint density at radius 3 is 2.75 bits per heavy atom. The number of aliphatic hydroxyl groups excluding tert-OH is 1. The topological polar surface area (TPSA) is 92.8 Å². The van der Waals surface area contributed by atoms with Gasteiger partial charge in [-0.1, -0.05) is 25.3 Å². The fourth-order valence-electron chi connectivity index (χ4n) is 7.60. The van der Waals surface area contributed by atoms with Gasteiger partial charge in [-0.15, -0.1) is 0 Å². The van der Waals surface area contributed by atoms with Crippen molar-refractivity contribution in [3.8, 4) is 5.75 Å². The van der Waals surface area contributed by atoms with Gasteiger partial charge in [0, 0.05) is 5.56 Å². The second-order valence-electron chi connectivity index (χ2n) is 10.0. The summed E-state index contributed by atoms with van der Waals surface area (Å²) in [7, 11) is 0. The van der Waals surface area contributed by atoms with E-state index in [0.29, 0.717) is 30.1 Å². The van der Waals surface area contributed by atoms with Crippen molar-refractivity contribution in [1.29, 1.82) is 0 Å². The van der Waals surface area contributed by atoms with Crippen molar-refractivity contribution in [1.82, 2.24) is 0 Å². The molecule has 4 N–H and O–H groups in total. The lowest BCUT2D eigenvalue weighted by molar-refractivity contribution is -0.210. The number of benzene rings is 1. The van der Waals surface area contributed by atoms with Gasteiger partial charge in [-0.3, -0.25) is 4.79 Å². The van der Waals surface area contributed by atoms with Crippen LogP contribution in [0.15, 0.2) is 12.1 Å². The van der Waals surface area contributed by atoms with E-state index in [1.54, 1.807) is 6.07 Å². The molecule has 1 spiro atoms. The Balaban J connectivity index is 1.53. The normalized spacial score (nSPS) is 43.1. The lowest BCUT2D eigenvalue weighted by Gasteiger charge is -2.63. The average molecular weight is 383 g/mol. The number of carbonyl (C=O) groups excluding carboxylic acids is 1. The largest absolute Gasteiger partial charge is 0.486 e. The molecular formula is C23H29NO4. The summed E-state index contributed by atoms with van der Waals surface area (Å²) in [5.41, 5.74) is 6.71. The van der Waals surface area contributed by atoms with Crippen molar-refractivity contribution in [2.75, 3.05) is 0 Å². The molecule has 2 bridgehead atoms. The van der Waals surface area contributed by atoms with Crippen molar-refractivity contribution in [2.45, 2.75) is 81.0 Å². The molecule has 1 aliphatic heterocycles. The number of carbonyl (C=O) groups is 1. The Morgan fingerprint density at radius 1 is 1.21 bits per heavy atom. The monoisotopic (exact) mass is 383 g/mol. The summed E-state index contributed by atoms with van der Waals surface area (Å²) in [5.74, 6) is 1.58. The van der Waals surface area contributed by atoms with Gasteiger partial charge in [0.2, 0.25) is 0 Å². The molecule has 1 amide bonds. The van der Waals surface area contributed by atoms with Crippen molar-refractivity contribution >= 4 is 5.91 Å². The Bertz CT molecular complexity index is 864. The molecule has 4 aliphatic carbocycles. The second kappa shape index (κ2) is 5.51. The summed E-state index contributed by atoms with van der Waals surface area (Å²) in [6.45, 7) is 0. The van der Waals surface area contributed by atoms with Crippen molar-refractivity contribution < 1.29 is 19.7 Å². The summed E-state index contributed by atoms with van der Waals surface area (Å²) in [6.07, 6.45) is 8.01. The highest BCUT2D eigenvalue weighted by atomic mass is 16.5. The summed E-state index contributed by atoms with van der Waals surface area (Å²) in [5, 5.41) is 23.1. The third-order valence-corrected chi connectivity index (χ3v) is 9.02. The van der Waals surface area contributed by atoms with Crippen molar-refractivity contribution in [3.05, 3.63) is 28.8 Å². The maximum absolute atomic E-state index is 12.2. The molecule has 3 fully saturated rings. The number of primary amides is 1. The smallest absolute Gasteiger partial charge is 0.252 e. The summed E-state index contributed by atoms with van der Waals surface area (Å²) in [4.78, 5) is 12.0. The third-order valence-electron chi connectivity index (χ3n) is 9.02. The van der Waals surface area contributed by atoms with Crippen LogP contribution in [0.25, 0.3) is 0 Å². The van der Waals surface area contributed by atoms with Crippen LogP contribution in [0.4, 0.5) is 0 Å². The molecule has 5 nitrogen and oxygen atoms in total. The van der Waals surface area contributed by atoms with Crippen molar-refractivity contribution in [3.63, 3.8) is 0 Å². The van der Waals surface area contributed by atoms with E-state index in [4.69, 9.17) is 10.5 Å². The van der Waals surface area contributed by atoms with Crippen LogP contribution < -0.4 is 10.5 Å². The number of rotatable bonds is 3. The first-order chi connectivity index (χ1) is 13.5. The fourth-order valence-corrected chi connectivity index (χ4v) is 7.60. The molecule has 0 radical (unpaired) electrons. The first-order valence-corrected chi connectivity index (χ1v) is 11.0. The summed E-state index contributed by atoms with van der Waals surface area (Å²) in [6, 6.07) is 3.80. The van der Waals surface area contributed by atoms with E-state index in [2.05, 4.69) is 0 Å². The molecule has 1 unspecified atom stereocenters. The molecule has 6 rings (SSSR count). The average Bonchev–Trinajstić information content (AvgIpc) is 2.97. The molecule has 1 aromatic rings. The van der Waals surface area contributed by atoms with Gasteiger partial charge in [0.25, 0.3) is 5.91 Å². The highest BCUT2D eigenvalue weighted by Gasteiger charge is 2.72. The first-order valence-electron chi connectivity index (χ1n) is 11.0. The van der Waals surface area contributed by atoms with Crippen LogP contribution in [0.3, 0.4) is 0 Å². The lowest BCUT2D eigenvalue weighted by Crippen LogP contribution is -2.72. The Hall–Kier alpha value is -1.59. The number of aliphatic hydroxyl groups is 2. The van der Waals surface area contributed by atoms with Crippen LogP contribution >= 0.6 is 0 Å². The Morgan fingerprint density at radius 2 is 2.04 bits per heavy atom. The van der Waals surface area contributed by atoms with Crippen LogP contribution in [-0.4, -0.2) is 33.9 Å². The number of ether oxygens (including phenoxy) is 1. The molecule has 150 valence electrons. The number of nitrogens with two attached hydrogens (primary N) is 1. The Labute approximate surface area is 165 Å². The van der Waals surface area contributed by atoms with E-state index >= 15 is 0 Å². The van der Waals surface area contributed by atoms with Gasteiger partial charge in [0.15, 0.2) is 0 Å². The van der Waals surface area contributed by atoms with E-state index in [-0.39, 0.29) is 5.92 Å². The molecule has 0 saturated heterocycles. The third kappa shape index (κ3) is 1.88. The zero-order chi connectivity index (χ0) is 19.3. The van der Waals surface area contributed by atoms with Gasteiger partial charge in [0.05, 0.1) is 22.7 Å². The van der Waals surface area contributed by atoms with Crippen LogP contribution in [0.5, 0.6) is 5.75 Å². The van der Waals surface area contributed by atoms with E-state index in [1.165, 1.54) is 31.2 Å². The fraction of sp³-hybridized carbons (Fsp3) is 0.696. The minimum absolute atomic E-state index is 0.207. The summed E-state index contributed by atoms with van der Waals surface area (Å²) < 4.78 is 6.29. The molecule has 1 heterocycles. The van der Waals surface area contributed by atoms with Gasteiger partial charge in [-0.25, -0.2) is 0 Å². The van der Waals surface area contributed by atoms with Crippen LogP contribution in [-0.2, 0) is 11.8 Å². The van der Waals surface area contributed by atoms with Crippen LogP contribution in [0, 0.1) is 17.8 Å². The zero-order valence-electron chi connectivity index (χ0n) is 16.2. The minimum atomic E-state index is -0.863. The molecule has 0 aromatic heterocycles. The quantitative estimate of drug-likeness (QED) is 0.747. The SMILES string of the molecule is NC(=O)c1ccc2c3c1O[C@H]1[C@@H](O)CC[C@@]4(O)[C@@H](C2)C(CC2CCC2)CC[C@]314. The van der Waals surface area contributed by atoms with Gasteiger partial charge in [0.1, 0.15) is 11.9 Å². The Kier molecular flexibility index (Phi) is 3.40. The number of amides is 1. The van der Waals surface area contributed by atoms with Crippen LogP contribution in [0.1, 0.15) is 72.9 Å². The zero-order valence-corrected chi connectivity index (χ0v) is 16.2. The highest BCUT2D eigenvalue weighted by Crippen LogP contribution is 2.68. The van der Waals surface area contributed by atoms with E-state index in [9.17, 15) is 15.0 Å². The van der Waals surface area contributed by atoms with Gasteiger partial charge in [-0.2, -0.15) is 0 Å². The molecule has 6 atom stereocenters. The predicted molar refractivity (Wildman–Crippen MR) is 103 cm³/mol. The minimum Gasteiger partial charge on any atom is -0.486 e. The molecule has 5 heteroatoms. The first kappa shape index (κ1) is 17.3. The number of hydrogen-bond acceptors (Lipinski definition) is 4. The molecule has 1 aromatic carbocycles. The molecule has 28 heavy (non-hydrogen) atoms. The van der Waals surface area contributed by atoms with E-state index < -0.39 is 29.1 Å². The van der Waals surface area contributed by atoms with Gasteiger partial charge < -0.3 is 20.7 Å². The van der Waals surface area contributed by atoms with Crippen LogP contribution in [0.2, 0.25) is 0 Å². The standard InChI is InChI=1S/C23H29NO4/c24-21(26)15-5-4-14-11-16-13(10-12-2-1-3-12)6-8-22-18(14)19(15)28-20(22)17(25)7-9-23(16,22)27/h4-5,12-13,16-17,20,25,27H,1-3,6-11H2,(H2,24,26)/t13?,16-,17-,20-,22-,23+/m0/s1. The highest BCUT2D eigenvalue weighted by molar-refractivity contribution is 5.97. The predicted octanol–water partition coefficient (Wildman–Crippen LogP) is 2.44. The summed E-state index contributed by atoms with van der Waals surface area (Å²) >= 11 is 0.